The Bertz CT molecular complexity index is 456. The predicted molar refractivity (Wildman–Crippen MR) is 93.0 cm³/mol. The number of carbonyl (C=O) groups is 1. The van der Waals surface area contributed by atoms with Crippen LogP contribution in [0.1, 0.15) is 70.2 Å². The first kappa shape index (κ1) is 20.9. The molecule has 1 amide bonds. The van der Waals surface area contributed by atoms with Gasteiger partial charge in [-0.25, -0.2) is 4.39 Å². The number of amides is 1. The minimum Gasteiger partial charge on any atom is -0.352 e. The van der Waals surface area contributed by atoms with Gasteiger partial charge in [0.15, 0.2) is 0 Å². The Kier molecular flexibility index (Phi) is 10.1. The summed E-state index contributed by atoms with van der Waals surface area (Å²) in [5.74, 6) is -0.298. The van der Waals surface area contributed by atoms with Crippen molar-refractivity contribution in [3.63, 3.8) is 0 Å². The number of nitrogens with one attached hydrogen (secondary N) is 1. The Balaban J connectivity index is 0.00000220. The van der Waals surface area contributed by atoms with E-state index in [0.29, 0.717) is 12.5 Å². The van der Waals surface area contributed by atoms with E-state index < -0.39 is 5.82 Å². The molecule has 0 bridgehead atoms. The molecule has 1 aliphatic rings. The van der Waals surface area contributed by atoms with E-state index in [1.807, 2.05) is 0 Å². The summed E-state index contributed by atoms with van der Waals surface area (Å²) in [6.45, 7) is 0.658. The molecule has 1 aliphatic carbocycles. The van der Waals surface area contributed by atoms with Gasteiger partial charge in [0, 0.05) is 6.54 Å². The summed E-state index contributed by atoms with van der Waals surface area (Å²) in [6, 6.07) is 4.32. The Morgan fingerprint density at radius 3 is 2.36 bits per heavy atom. The Hall–Kier alpha value is -1.09. The van der Waals surface area contributed by atoms with Gasteiger partial charge in [-0.05, 0) is 30.9 Å². The van der Waals surface area contributed by atoms with Crippen molar-refractivity contribution in [3.05, 3.63) is 34.6 Å². The smallest absolute Gasteiger partial charge is 0.252 e. The first-order valence-electron chi connectivity index (χ1n) is 7.40. The lowest BCUT2D eigenvalue weighted by Crippen LogP contribution is -2.30. The molecule has 22 heavy (non-hydrogen) atoms. The SMILES string of the molecule is C.C.O=C(NCC1CCCCCCC1)c1cccc(F)c1Cl. The van der Waals surface area contributed by atoms with Crippen LogP contribution in [-0.2, 0) is 0 Å². The molecule has 0 atom stereocenters. The van der Waals surface area contributed by atoms with Gasteiger partial charge >= 0.3 is 0 Å². The van der Waals surface area contributed by atoms with Crippen LogP contribution < -0.4 is 5.32 Å². The van der Waals surface area contributed by atoms with Gasteiger partial charge < -0.3 is 5.32 Å². The van der Waals surface area contributed by atoms with Crippen LogP contribution in [0.5, 0.6) is 0 Å². The third-order valence-electron chi connectivity index (χ3n) is 3.97. The standard InChI is InChI=1S/C16H21ClFNO.2CH4/c17-15-13(9-6-10-14(15)18)16(20)19-11-12-7-4-2-1-3-5-8-12;;/h6,9-10,12H,1-5,7-8,11H2,(H,19,20);2*1H4. The largest absolute Gasteiger partial charge is 0.352 e. The maximum Gasteiger partial charge on any atom is 0.252 e. The topological polar surface area (TPSA) is 29.1 Å². The second-order valence-corrected chi connectivity index (χ2v) is 5.90. The summed E-state index contributed by atoms with van der Waals surface area (Å²) >= 11 is 5.82. The third-order valence-corrected chi connectivity index (χ3v) is 4.36. The van der Waals surface area contributed by atoms with Crippen molar-refractivity contribution >= 4 is 17.5 Å². The molecular formula is C18H29ClFNO. The van der Waals surface area contributed by atoms with Crippen LogP contribution in [0.4, 0.5) is 4.39 Å². The lowest BCUT2D eigenvalue weighted by molar-refractivity contribution is 0.0944. The van der Waals surface area contributed by atoms with E-state index in [4.69, 9.17) is 11.6 Å². The fourth-order valence-electron chi connectivity index (χ4n) is 2.76. The van der Waals surface area contributed by atoms with Crippen LogP contribution in [0.15, 0.2) is 18.2 Å². The number of benzene rings is 1. The molecule has 0 aromatic heterocycles. The number of hydrogen-bond donors (Lipinski definition) is 1. The highest BCUT2D eigenvalue weighted by Gasteiger charge is 2.16. The third kappa shape index (κ3) is 5.96. The number of halogens is 2. The van der Waals surface area contributed by atoms with Gasteiger partial charge in [0.05, 0.1) is 10.6 Å². The van der Waals surface area contributed by atoms with Crippen molar-refractivity contribution in [2.24, 2.45) is 5.92 Å². The van der Waals surface area contributed by atoms with Gasteiger partial charge in [0.1, 0.15) is 5.82 Å². The van der Waals surface area contributed by atoms with E-state index in [0.717, 1.165) is 12.8 Å². The zero-order valence-electron chi connectivity index (χ0n) is 11.6. The number of hydrogen-bond acceptors (Lipinski definition) is 1. The first-order valence-corrected chi connectivity index (χ1v) is 7.78. The summed E-state index contributed by atoms with van der Waals surface area (Å²) in [7, 11) is 0. The second-order valence-electron chi connectivity index (χ2n) is 5.52. The van der Waals surface area contributed by atoms with Crippen LogP contribution in [0.2, 0.25) is 5.02 Å². The molecule has 1 N–H and O–H groups in total. The lowest BCUT2D eigenvalue weighted by Gasteiger charge is -2.20. The fourth-order valence-corrected chi connectivity index (χ4v) is 2.97. The number of rotatable bonds is 3. The van der Waals surface area contributed by atoms with E-state index >= 15 is 0 Å². The second kappa shape index (κ2) is 10.6. The van der Waals surface area contributed by atoms with Crippen LogP contribution in [0.25, 0.3) is 0 Å². The average Bonchev–Trinajstić information content (AvgIpc) is 2.40. The summed E-state index contributed by atoms with van der Waals surface area (Å²) in [6.07, 6.45) is 8.72. The zero-order chi connectivity index (χ0) is 14.4. The fraction of sp³-hybridized carbons (Fsp3) is 0.611. The molecule has 1 aromatic rings. The van der Waals surface area contributed by atoms with Crippen molar-refractivity contribution in [1.82, 2.24) is 5.32 Å². The van der Waals surface area contributed by atoms with Crippen LogP contribution in [0.3, 0.4) is 0 Å². The van der Waals surface area contributed by atoms with Crippen LogP contribution in [-0.4, -0.2) is 12.5 Å². The monoisotopic (exact) mass is 329 g/mol. The molecular weight excluding hydrogens is 301 g/mol. The predicted octanol–water partition coefficient (Wildman–Crippen LogP) is 5.84. The molecule has 2 nitrogen and oxygen atoms in total. The van der Waals surface area contributed by atoms with Gasteiger partial charge in [-0.2, -0.15) is 0 Å². The Labute approximate surface area is 139 Å². The highest BCUT2D eigenvalue weighted by atomic mass is 35.5. The van der Waals surface area contributed by atoms with Crippen molar-refractivity contribution in [2.75, 3.05) is 6.54 Å². The van der Waals surface area contributed by atoms with Gasteiger partial charge in [-0.1, -0.05) is 64.6 Å². The van der Waals surface area contributed by atoms with Gasteiger partial charge in [-0.15, -0.1) is 0 Å². The Morgan fingerprint density at radius 2 is 1.73 bits per heavy atom. The van der Waals surface area contributed by atoms with Gasteiger partial charge in [-0.3, -0.25) is 4.79 Å². The normalized spacial score (nSPS) is 15.7. The highest BCUT2D eigenvalue weighted by Crippen LogP contribution is 2.22. The summed E-state index contributed by atoms with van der Waals surface area (Å²) in [4.78, 5) is 12.1. The minimum atomic E-state index is -0.551. The van der Waals surface area contributed by atoms with E-state index in [1.165, 1.54) is 44.2 Å². The first-order chi connectivity index (χ1) is 9.68. The van der Waals surface area contributed by atoms with E-state index in [-0.39, 0.29) is 31.3 Å². The van der Waals surface area contributed by atoms with E-state index in [2.05, 4.69) is 5.32 Å². The van der Waals surface area contributed by atoms with Crippen molar-refractivity contribution < 1.29 is 9.18 Å². The molecule has 2 rings (SSSR count). The molecule has 4 heteroatoms. The summed E-state index contributed by atoms with van der Waals surface area (Å²) in [5, 5.41) is 2.80. The minimum absolute atomic E-state index is 0. The molecule has 1 aromatic carbocycles. The van der Waals surface area contributed by atoms with Crippen molar-refractivity contribution in [3.8, 4) is 0 Å². The van der Waals surface area contributed by atoms with Crippen molar-refractivity contribution in [1.29, 1.82) is 0 Å². The maximum absolute atomic E-state index is 13.3. The zero-order valence-corrected chi connectivity index (χ0v) is 12.4. The summed E-state index contributed by atoms with van der Waals surface area (Å²) < 4.78 is 13.3. The molecule has 1 fully saturated rings. The lowest BCUT2D eigenvalue weighted by atomic mass is 9.91. The van der Waals surface area contributed by atoms with Gasteiger partial charge in [0.2, 0.25) is 0 Å². The van der Waals surface area contributed by atoms with Gasteiger partial charge in [0.25, 0.3) is 5.91 Å². The van der Waals surface area contributed by atoms with E-state index in [1.54, 1.807) is 6.07 Å². The molecule has 1 saturated carbocycles. The van der Waals surface area contributed by atoms with Crippen LogP contribution >= 0.6 is 11.6 Å². The van der Waals surface area contributed by atoms with E-state index in [9.17, 15) is 9.18 Å². The maximum atomic E-state index is 13.3. The molecule has 126 valence electrons. The highest BCUT2D eigenvalue weighted by molar-refractivity contribution is 6.34. The molecule has 0 heterocycles. The average molecular weight is 330 g/mol. The van der Waals surface area contributed by atoms with Crippen molar-refractivity contribution in [2.45, 2.75) is 59.8 Å². The quantitative estimate of drug-likeness (QED) is 0.741. The molecule has 0 spiro atoms. The summed E-state index contributed by atoms with van der Waals surface area (Å²) in [5.41, 5.74) is 0.220. The van der Waals surface area contributed by atoms with Crippen LogP contribution in [0, 0.1) is 11.7 Å². The molecule has 0 aliphatic heterocycles. The molecule has 0 unspecified atom stereocenters. The molecule has 0 saturated heterocycles. The molecule has 0 radical (unpaired) electrons. The Morgan fingerprint density at radius 1 is 1.14 bits per heavy atom. The number of carbonyl (C=O) groups excluding carboxylic acids is 1.